The van der Waals surface area contributed by atoms with Crippen molar-refractivity contribution in [2.45, 2.75) is 13.0 Å². The summed E-state index contributed by atoms with van der Waals surface area (Å²) in [5, 5.41) is 12.6. The second-order valence-corrected chi connectivity index (χ2v) is 6.05. The standard InChI is InChI=1S/C19H17N3O4/c1-2-26-18(25)15-16(11-6-5-7-12(23)10-11)22-14-9-4-3-8-13(14)20-19(22)21-17(15)24/h3-10,15-16,23H,2H2,1H3,(H,20,21,24)/t15-,16+/m1/s1. The van der Waals surface area contributed by atoms with Crippen LogP contribution in [0.3, 0.4) is 0 Å². The first-order valence-corrected chi connectivity index (χ1v) is 8.33. The number of nitrogens with zero attached hydrogens (tertiary/aromatic N) is 2. The van der Waals surface area contributed by atoms with E-state index in [1.807, 2.05) is 28.8 Å². The van der Waals surface area contributed by atoms with Gasteiger partial charge in [0.25, 0.3) is 0 Å². The molecule has 4 rings (SSSR count). The van der Waals surface area contributed by atoms with E-state index in [2.05, 4.69) is 10.3 Å². The fourth-order valence-electron chi connectivity index (χ4n) is 3.41. The number of para-hydroxylation sites is 2. The molecule has 3 aromatic rings. The van der Waals surface area contributed by atoms with Crippen molar-refractivity contribution in [3.8, 4) is 5.75 Å². The number of nitrogens with one attached hydrogen (secondary N) is 1. The maximum Gasteiger partial charge on any atom is 0.321 e. The summed E-state index contributed by atoms with van der Waals surface area (Å²) in [7, 11) is 0. The minimum absolute atomic E-state index is 0.0575. The van der Waals surface area contributed by atoms with E-state index in [4.69, 9.17) is 4.74 Å². The van der Waals surface area contributed by atoms with Crippen LogP contribution in [0.4, 0.5) is 5.95 Å². The van der Waals surface area contributed by atoms with E-state index in [1.165, 1.54) is 0 Å². The highest BCUT2D eigenvalue weighted by atomic mass is 16.5. The van der Waals surface area contributed by atoms with Crippen molar-refractivity contribution < 1.29 is 19.4 Å². The zero-order valence-corrected chi connectivity index (χ0v) is 14.0. The van der Waals surface area contributed by atoms with Gasteiger partial charge in [-0.3, -0.25) is 14.9 Å². The number of carbonyl (C=O) groups excluding carboxylic acids is 2. The normalized spacial score (nSPS) is 19.0. The SMILES string of the molecule is CCOC(=O)[C@H]1C(=O)Nc2nc3ccccc3n2[C@H]1c1cccc(O)c1. The number of amides is 1. The van der Waals surface area contributed by atoms with Crippen LogP contribution in [0.25, 0.3) is 11.0 Å². The lowest BCUT2D eigenvalue weighted by molar-refractivity contribution is -0.152. The minimum Gasteiger partial charge on any atom is -0.508 e. The van der Waals surface area contributed by atoms with Crippen LogP contribution in [0, 0.1) is 5.92 Å². The van der Waals surface area contributed by atoms with Crippen LogP contribution in [-0.4, -0.2) is 33.1 Å². The second-order valence-electron chi connectivity index (χ2n) is 6.05. The molecule has 1 amide bonds. The van der Waals surface area contributed by atoms with Gasteiger partial charge in [0.05, 0.1) is 23.7 Å². The summed E-state index contributed by atoms with van der Waals surface area (Å²) in [5.41, 5.74) is 2.12. The number of hydrogen-bond donors (Lipinski definition) is 2. The van der Waals surface area contributed by atoms with Crippen molar-refractivity contribution in [2.75, 3.05) is 11.9 Å². The van der Waals surface area contributed by atoms with E-state index in [0.29, 0.717) is 17.0 Å². The topological polar surface area (TPSA) is 93.5 Å². The minimum atomic E-state index is -1.08. The molecule has 0 aliphatic carbocycles. The third kappa shape index (κ3) is 2.48. The molecule has 2 heterocycles. The molecule has 1 aromatic heterocycles. The number of imidazole rings is 1. The molecule has 7 heteroatoms. The van der Waals surface area contributed by atoms with Gasteiger partial charge in [0.2, 0.25) is 11.9 Å². The van der Waals surface area contributed by atoms with Crippen molar-refractivity contribution >= 4 is 28.9 Å². The molecule has 0 saturated heterocycles. The molecule has 0 radical (unpaired) electrons. The number of phenolic OH excluding ortho intramolecular Hbond substituents is 1. The number of ether oxygens (including phenoxy) is 1. The summed E-state index contributed by atoms with van der Waals surface area (Å²) in [6, 6.07) is 13.3. The number of phenols is 1. The summed E-state index contributed by atoms with van der Waals surface area (Å²) < 4.78 is 6.95. The van der Waals surface area contributed by atoms with Crippen LogP contribution < -0.4 is 5.32 Å². The molecule has 1 aliphatic rings. The van der Waals surface area contributed by atoms with Gasteiger partial charge in [-0.05, 0) is 36.8 Å². The predicted molar refractivity (Wildman–Crippen MR) is 94.7 cm³/mol. The number of hydrogen-bond acceptors (Lipinski definition) is 5. The zero-order valence-electron chi connectivity index (χ0n) is 14.0. The van der Waals surface area contributed by atoms with Crippen LogP contribution in [-0.2, 0) is 14.3 Å². The largest absolute Gasteiger partial charge is 0.508 e. The second kappa shape index (κ2) is 6.18. The molecule has 2 atom stereocenters. The van der Waals surface area contributed by atoms with Gasteiger partial charge >= 0.3 is 5.97 Å². The van der Waals surface area contributed by atoms with Crippen molar-refractivity contribution in [1.29, 1.82) is 0 Å². The Bertz CT molecular complexity index is 1010. The van der Waals surface area contributed by atoms with Crippen LogP contribution in [0.2, 0.25) is 0 Å². The van der Waals surface area contributed by atoms with Crippen molar-refractivity contribution in [2.24, 2.45) is 5.92 Å². The van der Waals surface area contributed by atoms with Gasteiger partial charge < -0.3 is 14.4 Å². The number of fused-ring (bicyclic) bond motifs is 3. The number of aromatic nitrogens is 2. The van der Waals surface area contributed by atoms with E-state index in [9.17, 15) is 14.7 Å². The Kier molecular flexibility index (Phi) is 3.84. The Morgan fingerprint density at radius 1 is 1.27 bits per heavy atom. The van der Waals surface area contributed by atoms with Gasteiger partial charge in [0, 0.05) is 0 Å². The van der Waals surface area contributed by atoms with Crippen LogP contribution in [0.15, 0.2) is 48.5 Å². The Labute approximate surface area is 149 Å². The molecular formula is C19H17N3O4. The van der Waals surface area contributed by atoms with E-state index in [0.717, 1.165) is 5.52 Å². The van der Waals surface area contributed by atoms with E-state index in [1.54, 1.807) is 31.2 Å². The fourth-order valence-corrected chi connectivity index (χ4v) is 3.41. The Balaban J connectivity index is 1.97. The summed E-state index contributed by atoms with van der Waals surface area (Å²) in [6.45, 7) is 1.87. The molecule has 2 aromatic carbocycles. The quantitative estimate of drug-likeness (QED) is 0.558. The molecule has 132 valence electrons. The molecule has 0 fully saturated rings. The summed E-state index contributed by atoms with van der Waals surface area (Å²) in [5.74, 6) is -1.74. The van der Waals surface area contributed by atoms with Crippen molar-refractivity contribution in [3.05, 3.63) is 54.1 Å². The van der Waals surface area contributed by atoms with Gasteiger partial charge in [-0.1, -0.05) is 24.3 Å². The van der Waals surface area contributed by atoms with E-state index < -0.39 is 23.8 Å². The maximum absolute atomic E-state index is 12.7. The van der Waals surface area contributed by atoms with Gasteiger partial charge in [-0.2, -0.15) is 0 Å². The Morgan fingerprint density at radius 3 is 2.85 bits per heavy atom. The van der Waals surface area contributed by atoms with Gasteiger partial charge in [-0.15, -0.1) is 0 Å². The number of anilines is 1. The molecule has 2 N–H and O–H groups in total. The summed E-state index contributed by atoms with van der Waals surface area (Å²) in [4.78, 5) is 29.7. The molecule has 0 bridgehead atoms. The van der Waals surface area contributed by atoms with Gasteiger partial charge in [0.1, 0.15) is 5.75 Å². The van der Waals surface area contributed by atoms with Crippen LogP contribution in [0.1, 0.15) is 18.5 Å². The molecule has 0 spiro atoms. The summed E-state index contributed by atoms with van der Waals surface area (Å²) >= 11 is 0. The zero-order chi connectivity index (χ0) is 18.3. The van der Waals surface area contributed by atoms with Gasteiger partial charge in [0.15, 0.2) is 5.92 Å². The molecule has 0 unspecified atom stereocenters. The Morgan fingerprint density at radius 2 is 2.08 bits per heavy atom. The highest BCUT2D eigenvalue weighted by molar-refractivity contribution is 6.07. The summed E-state index contributed by atoms with van der Waals surface area (Å²) in [6.07, 6.45) is 0. The maximum atomic E-state index is 12.7. The van der Waals surface area contributed by atoms with E-state index >= 15 is 0 Å². The third-order valence-electron chi connectivity index (χ3n) is 4.46. The molecule has 0 saturated carbocycles. The highest BCUT2D eigenvalue weighted by Gasteiger charge is 2.44. The average Bonchev–Trinajstić information content (AvgIpc) is 2.98. The number of aromatic hydroxyl groups is 1. The Hall–Kier alpha value is -3.35. The third-order valence-corrected chi connectivity index (χ3v) is 4.46. The average molecular weight is 351 g/mol. The smallest absolute Gasteiger partial charge is 0.321 e. The first-order chi connectivity index (χ1) is 12.6. The first kappa shape index (κ1) is 16.1. The lowest BCUT2D eigenvalue weighted by atomic mass is 9.90. The highest BCUT2D eigenvalue weighted by Crippen LogP contribution is 2.39. The monoisotopic (exact) mass is 351 g/mol. The number of carbonyl (C=O) groups is 2. The molecule has 7 nitrogen and oxygen atoms in total. The predicted octanol–water partition coefficient (Wildman–Crippen LogP) is 2.46. The molecule has 26 heavy (non-hydrogen) atoms. The van der Waals surface area contributed by atoms with Gasteiger partial charge in [-0.25, -0.2) is 4.98 Å². The first-order valence-electron chi connectivity index (χ1n) is 8.33. The van der Waals surface area contributed by atoms with Crippen molar-refractivity contribution in [3.63, 3.8) is 0 Å². The van der Waals surface area contributed by atoms with Crippen LogP contribution >= 0.6 is 0 Å². The lowest BCUT2D eigenvalue weighted by Crippen LogP contribution is -2.43. The lowest BCUT2D eigenvalue weighted by Gasteiger charge is -2.32. The number of esters is 1. The molecular weight excluding hydrogens is 334 g/mol. The van der Waals surface area contributed by atoms with Crippen molar-refractivity contribution in [1.82, 2.24) is 9.55 Å². The molecule has 1 aliphatic heterocycles. The van der Waals surface area contributed by atoms with Crippen LogP contribution in [0.5, 0.6) is 5.75 Å². The fraction of sp³-hybridized carbons (Fsp3) is 0.211. The van der Waals surface area contributed by atoms with E-state index in [-0.39, 0.29) is 12.4 Å². The number of rotatable bonds is 3. The number of benzene rings is 2.